The van der Waals surface area contributed by atoms with Gasteiger partial charge in [-0.2, -0.15) is 13.2 Å². The summed E-state index contributed by atoms with van der Waals surface area (Å²) in [5.74, 6) is -0.652. The Bertz CT molecular complexity index is 246. The minimum atomic E-state index is -4.29. The van der Waals surface area contributed by atoms with Crippen molar-refractivity contribution in [3.8, 4) is 0 Å². The molecule has 0 aliphatic heterocycles. The highest BCUT2D eigenvalue weighted by molar-refractivity contribution is 5.72. The van der Waals surface area contributed by atoms with Crippen molar-refractivity contribution in [2.75, 3.05) is 6.54 Å². The van der Waals surface area contributed by atoms with Crippen LogP contribution < -0.4 is 5.32 Å². The second kappa shape index (κ2) is 4.00. The molecule has 1 rings (SSSR count). The molecule has 1 N–H and O–H groups in total. The molecule has 0 heterocycles. The van der Waals surface area contributed by atoms with E-state index in [1.54, 1.807) is 13.8 Å². The standard InChI is InChI=1S/C9H14F3NO2/c1-6(2)15-7(14)5-13-8(3-4-8)9(10,11)12/h6,13H,3-5H2,1-2H3. The molecule has 6 heteroatoms. The zero-order valence-corrected chi connectivity index (χ0v) is 8.65. The third-order valence-electron chi connectivity index (χ3n) is 2.23. The van der Waals surface area contributed by atoms with E-state index in [2.05, 4.69) is 5.32 Å². The van der Waals surface area contributed by atoms with E-state index in [-0.39, 0.29) is 18.9 Å². The van der Waals surface area contributed by atoms with E-state index in [4.69, 9.17) is 4.74 Å². The third-order valence-corrected chi connectivity index (χ3v) is 2.23. The smallest absolute Gasteiger partial charge is 0.406 e. The van der Waals surface area contributed by atoms with E-state index in [1.807, 2.05) is 0 Å². The van der Waals surface area contributed by atoms with Crippen LogP contribution >= 0.6 is 0 Å². The highest BCUT2D eigenvalue weighted by Crippen LogP contribution is 2.48. The minimum Gasteiger partial charge on any atom is -0.462 e. The van der Waals surface area contributed by atoms with Gasteiger partial charge in [0.05, 0.1) is 12.6 Å². The van der Waals surface area contributed by atoms with Gasteiger partial charge in [0.2, 0.25) is 0 Å². The Morgan fingerprint density at radius 2 is 2.00 bits per heavy atom. The van der Waals surface area contributed by atoms with Gasteiger partial charge < -0.3 is 4.74 Å². The van der Waals surface area contributed by atoms with Gasteiger partial charge in [-0.05, 0) is 26.7 Å². The molecule has 1 saturated carbocycles. The molecule has 0 spiro atoms. The zero-order chi connectivity index (χ0) is 11.7. The van der Waals surface area contributed by atoms with E-state index >= 15 is 0 Å². The number of hydrogen-bond donors (Lipinski definition) is 1. The first kappa shape index (κ1) is 12.3. The molecule has 0 radical (unpaired) electrons. The monoisotopic (exact) mass is 225 g/mol. The summed E-state index contributed by atoms with van der Waals surface area (Å²) in [6.07, 6.45) is -4.53. The molecule has 88 valence electrons. The van der Waals surface area contributed by atoms with Gasteiger partial charge in [-0.25, -0.2) is 0 Å². The van der Waals surface area contributed by atoms with Crippen LogP contribution in [0.4, 0.5) is 13.2 Å². The van der Waals surface area contributed by atoms with Crippen LogP contribution in [-0.4, -0.2) is 30.3 Å². The number of carbonyl (C=O) groups is 1. The van der Waals surface area contributed by atoms with Crippen LogP contribution in [0.3, 0.4) is 0 Å². The van der Waals surface area contributed by atoms with Crippen molar-refractivity contribution in [2.45, 2.75) is 44.5 Å². The molecule has 1 aliphatic carbocycles. The number of carbonyl (C=O) groups excluding carboxylic acids is 1. The van der Waals surface area contributed by atoms with Gasteiger partial charge >= 0.3 is 12.1 Å². The molecule has 0 aromatic rings. The number of halogens is 3. The lowest BCUT2D eigenvalue weighted by Crippen LogP contribution is -2.47. The van der Waals surface area contributed by atoms with E-state index in [0.717, 1.165) is 0 Å². The second-order valence-corrected chi connectivity index (χ2v) is 3.97. The zero-order valence-electron chi connectivity index (χ0n) is 8.65. The van der Waals surface area contributed by atoms with Crippen LogP contribution in [0.25, 0.3) is 0 Å². The number of rotatable bonds is 4. The number of nitrogens with one attached hydrogen (secondary N) is 1. The predicted octanol–water partition coefficient (Wildman–Crippen LogP) is 1.62. The van der Waals surface area contributed by atoms with E-state index in [9.17, 15) is 18.0 Å². The average Bonchev–Trinajstić information content (AvgIpc) is 2.78. The largest absolute Gasteiger partial charge is 0.462 e. The molecule has 0 saturated heterocycles. The van der Waals surface area contributed by atoms with Crippen LogP contribution in [0.1, 0.15) is 26.7 Å². The number of ether oxygens (including phenoxy) is 1. The van der Waals surface area contributed by atoms with Crippen LogP contribution in [0, 0.1) is 0 Å². The molecule has 0 unspecified atom stereocenters. The first-order chi connectivity index (χ1) is 6.77. The molecule has 0 aromatic carbocycles. The highest BCUT2D eigenvalue weighted by atomic mass is 19.4. The molecule has 1 fully saturated rings. The maximum absolute atomic E-state index is 12.4. The van der Waals surface area contributed by atoms with Crippen molar-refractivity contribution in [1.82, 2.24) is 5.32 Å². The first-order valence-corrected chi connectivity index (χ1v) is 4.78. The summed E-state index contributed by atoms with van der Waals surface area (Å²) in [6.45, 7) is 2.90. The molecule has 0 atom stereocenters. The average molecular weight is 225 g/mol. The Balaban J connectivity index is 2.35. The summed E-state index contributed by atoms with van der Waals surface area (Å²) in [6, 6.07) is 0. The topological polar surface area (TPSA) is 38.3 Å². The van der Waals surface area contributed by atoms with Crippen LogP contribution in [0.5, 0.6) is 0 Å². The Hall–Kier alpha value is -0.780. The fourth-order valence-electron chi connectivity index (χ4n) is 1.23. The van der Waals surface area contributed by atoms with Crippen molar-refractivity contribution < 1.29 is 22.7 Å². The van der Waals surface area contributed by atoms with Gasteiger partial charge in [-0.15, -0.1) is 0 Å². The number of alkyl halides is 3. The number of esters is 1. The van der Waals surface area contributed by atoms with E-state index < -0.39 is 24.2 Å². The lowest BCUT2D eigenvalue weighted by atomic mass is 10.2. The third kappa shape index (κ3) is 3.09. The normalized spacial score (nSPS) is 19.1. The van der Waals surface area contributed by atoms with Gasteiger partial charge in [0.25, 0.3) is 0 Å². The Labute approximate surface area is 86.0 Å². The molecule has 0 bridgehead atoms. The lowest BCUT2D eigenvalue weighted by Gasteiger charge is -2.20. The van der Waals surface area contributed by atoms with Gasteiger partial charge in [0.15, 0.2) is 0 Å². The fraction of sp³-hybridized carbons (Fsp3) is 0.889. The maximum atomic E-state index is 12.4. The van der Waals surface area contributed by atoms with E-state index in [0.29, 0.717) is 0 Å². The molecule has 0 aromatic heterocycles. The van der Waals surface area contributed by atoms with Crippen molar-refractivity contribution in [3.63, 3.8) is 0 Å². The molecule has 15 heavy (non-hydrogen) atoms. The first-order valence-electron chi connectivity index (χ1n) is 4.78. The SMILES string of the molecule is CC(C)OC(=O)CNC1(C(F)(F)F)CC1. The summed E-state index contributed by atoms with van der Waals surface area (Å²) in [4.78, 5) is 11.0. The van der Waals surface area contributed by atoms with Gasteiger partial charge in [-0.1, -0.05) is 0 Å². The molecule has 3 nitrogen and oxygen atoms in total. The van der Waals surface area contributed by atoms with Crippen molar-refractivity contribution in [3.05, 3.63) is 0 Å². The molecule has 0 amide bonds. The fourth-order valence-corrected chi connectivity index (χ4v) is 1.23. The van der Waals surface area contributed by atoms with Crippen molar-refractivity contribution >= 4 is 5.97 Å². The lowest BCUT2D eigenvalue weighted by molar-refractivity contribution is -0.168. The Morgan fingerprint density at radius 1 is 1.47 bits per heavy atom. The molecular weight excluding hydrogens is 211 g/mol. The molecule has 1 aliphatic rings. The summed E-state index contributed by atoms with van der Waals surface area (Å²) in [5, 5.41) is 2.22. The minimum absolute atomic E-state index is 0.0332. The maximum Gasteiger partial charge on any atom is 0.406 e. The summed E-state index contributed by atoms with van der Waals surface area (Å²) >= 11 is 0. The van der Waals surface area contributed by atoms with Crippen molar-refractivity contribution in [1.29, 1.82) is 0 Å². The van der Waals surface area contributed by atoms with Gasteiger partial charge in [0.1, 0.15) is 5.54 Å². The summed E-state index contributed by atoms with van der Waals surface area (Å²) in [5.41, 5.74) is -1.84. The number of hydrogen-bond acceptors (Lipinski definition) is 3. The summed E-state index contributed by atoms with van der Waals surface area (Å²) in [7, 11) is 0. The van der Waals surface area contributed by atoms with E-state index in [1.165, 1.54) is 0 Å². The molecular formula is C9H14F3NO2. The quantitative estimate of drug-likeness (QED) is 0.739. The second-order valence-electron chi connectivity index (χ2n) is 3.97. The van der Waals surface area contributed by atoms with Crippen LogP contribution in [0.2, 0.25) is 0 Å². The van der Waals surface area contributed by atoms with Crippen LogP contribution in [0.15, 0.2) is 0 Å². The Kier molecular flexibility index (Phi) is 3.28. The highest BCUT2D eigenvalue weighted by Gasteiger charge is 2.63. The van der Waals surface area contributed by atoms with Gasteiger partial charge in [0, 0.05) is 0 Å². The summed E-state index contributed by atoms with van der Waals surface area (Å²) < 4.78 is 41.9. The predicted molar refractivity (Wildman–Crippen MR) is 47.3 cm³/mol. The van der Waals surface area contributed by atoms with Gasteiger partial charge in [-0.3, -0.25) is 10.1 Å². The van der Waals surface area contributed by atoms with Crippen LogP contribution in [-0.2, 0) is 9.53 Å². The van der Waals surface area contributed by atoms with Crippen molar-refractivity contribution in [2.24, 2.45) is 0 Å². The Morgan fingerprint density at radius 3 is 2.33 bits per heavy atom.